The van der Waals surface area contributed by atoms with Crippen molar-refractivity contribution < 1.29 is 9.90 Å². The summed E-state index contributed by atoms with van der Waals surface area (Å²) in [5, 5.41) is 13.3. The zero-order valence-corrected chi connectivity index (χ0v) is 16.6. The lowest BCUT2D eigenvalue weighted by atomic mass is 9.97. The van der Waals surface area contributed by atoms with Gasteiger partial charge in [0.1, 0.15) is 11.7 Å². The third-order valence-electron chi connectivity index (χ3n) is 5.31. The van der Waals surface area contributed by atoms with Crippen molar-refractivity contribution in [1.29, 1.82) is 0 Å². The molecule has 5 nitrogen and oxygen atoms in total. The number of aromatic nitrogens is 1. The van der Waals surface area contributed by atoms with E-state index < -0.39 is 5.92 Å². The quantitative estimate of drug-likeness (QED) is 0.345. The van der Waals surface area contributed by atoms with Crippen LogP contribution in [0.5, 0.6) is 5.75 Å². The Hall–Kier alpha value is -4.25. The van der Waals surface area contributed by atoms with Crippen molar-refractivity contribution in [2.75, 3.05) is 5.32 Å². The number of aliphatic imine (C=N–C) groups is 1. The fourth-order valence-corrected chi connectivity index (χ4v) is 3.71. The van der Waals surface area contributed by atoms with Crippen molar-refractivity contribution in [2.45, 2.75) is 5.92 Å². The van der Waals surface area contributed by atoms with Crippen molar-refractivity contribution in [3.05, 3.63) is 95.7 Å². The molecule has 5 heteroatoms. The second-order valence-corrected chi connectivity index (χ2v) is 7.36. The van der Waals surface area contributed by atoms with Crippen LogP contribution in [0.1, 0.15) is 22.6 Å². The fourth-order valence-electron chi connectivity index (χ4n) is 3.71. The largest absolute Gasteiger partial charge is 0.508 e. The molecule has 0 spiro atoms. The minimum Gasteiger partial charge on any atom is -0.508 e. The fraction of sp³-hybridized carbons (Fsp3) is 0.0385. The van der Waals surface area contributed by atoms with Crippen LogP contribution in [-0.2, 0) is 4.79 Å². The molecule has 31 heavy (non-hydrogen) atoms. The second kappa shape index (κ2) is 7.88. The lowest BCUT2D eigenvalue weighted by Gasteiger charge is -2.06. The molecule has 0 radical (unpaired) electrons. The maximum absolute atomic E-state index is 12.5. The van der Waals surface area contributed by atoms with E-state index in [0.29, 0.717) is 0 Å². The maximum atomic E-state index is 12.5. The number of carbonyl (C=O) groups is 1. The van der Waals surface area contributed by atoms with Crippen molar-refractivity contribution in [3.63, 3.8) is 0 Å². The zero-order chi connectivity index (χ0) is 21.2. The molecule has 3 aromatic carbocycles. The van der Waals surface area contributed by atoms with Crippen LogP contribution in [0.4, 0.5) is 11.4 Å². The van der Waals surface area contributed by atoms with Crippen LogP contribution in [0, 0.1) is 0 Å². The molecule has 0 aliphatic carbocycles. The highest BCUT2D eigenvalue weighted by atomic mass is 16.3. The van der Waals surface area contributed by atoms with Gasteiger partial charge >= 0.3 is 0 Å². The molecule has 4 aromatic rings. The number of nitrogens with zero attached hydrogens (tertiary/aromatic N) is 2. The lowest BCUT2D eigenvalue weighted by molar-refractivity contribution is -0.115. The molecule has 1 aromatic heterocycles. The minimum absolute atomic E-state index is 0.0800. The number of aromatic hydroxyl groups is 1. The van der Waals surface area contributed by atoms with Crippen molar-refractivity contribution in [3.8, 4) is 5.75 Å². The zero-order valence-electron chi connectivity index (χ0n) is 16.6. The van der Waals surface area contributed by atoms with Gasteiger partial charge in [0.15, 0.2) is 0 Å². The van der Waals surface area contributed by atoms with Crippen LogP contribution in [-0.4, -0.2) is 22.2 Å². The number of nitrogens with one attached hydrogen (secondary N) is 1. The topological polar surface area (TPSA) is 74.6 Å². The third-order valence-corrected chi connectivity index (χ3v) is 5.31. The Balaban J connectivity index is 1.36. The Morgan fingerprint density at radius 2 is 1.61 bits per heavy atom. The van der Waals surface area contributed by atoms with Crippen molar-refractivity contribution in [2.24, 2.45) is 4.99 Å². The summed E-state index contributed by atoms with van der Waals surface area (Å²) in [7, 11) is 0. The van der Waals surface area contributed by atoms with Gasteiger partial charge in [0.2, 0.25) is 5.91 Å². The highest BCUT2D eigenvalue weighted by Gasteiger charge is 2.31. The van der Waals surface area contributed by atoms with Gasteiger partial charge in [-0.1, -0.05) is 42.5 Å². The molecule has 1 aliphatic heterocycles. The molecule has 2 heterocycles. The number of benzene rings is 3. The number of anilines is 1. The number of phenolic OH excluding ortho intramolecular Hbond substituents is 1. The van der Waals surface area contributed by atoms with E-state index >= 15 is 0 Å². The Bertz CT molecular complexity index is 1320. The predicted octanol–water partition coefficient (Wildman–Crippen LogP) is 5.55. The van der Waals surface area contributed by atoms with Crippen LogP contribution in [0.25, 0.3) is 23.1 Å². The molecule has 1 unspecified atom stereocenters. The molecule has 1 aliphatic rings. The summed E-state index contributed by atoms with van der Waals surface area (Å²) in [6, 6.07) is 22.5. The number of phenols is 1. The summed E-state index contributed by atoms with van der Waals surface area (Å²) in [6.45, 7) is 0. The minimum atomic E-state index is -0.447. The van der Waals surface area contributed by atoms with Gasteiger partial charge in [0.25, 0.3) is 0 Å². The van der Waals surface area contributed by atoms with Crippen LogP contribution in [0.3, 0.4) is 0 Å². The first-order valence-electron chi connectivity index (χ1n) is 9.97. The van der Waals surface area contributed by atoms with E-state index in [1.54, 1.807) is 24.5 Å². The summed E-state index contributed by atoms with van der Waals surface area (Å²) in [5.74, 6) is -0.275. The SMILES string of the molecule is O=C1Nc2ccc3ncccc3c2C1C=Nc1ccc(C=Cc2ccc(O)cc2)cc1. The Morgan fingerprint density at radius 3 is 2.35 bits per heavy atom. The highest BCUT2D eigenvalue weighted by molar-refractivity contribution is 6.16. The number of carbonyl (C=O) groups excluding carboxylic acids is 1. The van der Waals surface area contributed by atoms with Crippen LogP contribution < -0.4 is 5.32 Å². The third kappa shape index (κ3) is 3.81. The Kier molecular flexibility index (Phi) is 4.77. The number of rotatable bonds is 4. The number of fused-ring (bicyclic) bond motifs is 3. The van der Waals surface area contributed by atoms with E-state index in [-0.39, 0.29) is 11.7 Å². The highest BCUT2D eigenvalue weighted by Crippen LogP contribution is 2.37. The number of amides is 1. The average molecular weight is 405 g/mol. The van der Waals surface area contributed by atoms with Gasteiger partial charge in [-0.2, -0.15) is 0 Å². The molecular formula is C26H19N3O2. The van der Waals surface area contributed by atoms with Gasteiger partial charge in [0.05, 0.1) is 11.2 Å². The smallest absolute Gasteiger partial charge is 0.237 e. The molecule has 5 rings (SSSR count). The number of hydrogen-bond donors (Lipinski definition) is 2. The standard InChI is InChI=1S/C26H19N3O2/c30-20-11-7-18(8-12-20)4-3-17-5-9-19(10-6-17)28-16-22-25-21-2-1-15-27-23(21)13-14-24(25)29-26(22)31/h1-16,22,30H,(H,29,31). The molecule has 1 amide bonds. The number of pyridine rings is 1. The predicted molar refractivity (Wildman–Crippen MR) is 125 cm³/mol. The summed E-state index contributed by atoms with van der Waals surface area (Å²) < 4.78 is 0. The van der Waals surface area contributed by atoms with Gasteiger partial charge < -0.3 is 10.4 Å². The van der Waals surface area contributed by atoms with Gasteiger partial charge in [-0.25, -0.2) is 0 Å². The van der Waals surface area contributed by atoms with E-state index in [1.807, 2.05) is 72.8 Å². The van der Waals surface area contributed by atoms with E-state index in [1.165, 1.54) is 0 Å². The van der Waals surface area contributed by atoms with E-state index in [2.05, 4.69) is 15.3 Å². The summed E-state index contributed by atoms with van der Waals surface area (Å²) >= 11 is 0. The molecule has 0 bridgehead atoms. The van der Waals surface area contributed by atoms with Gasteiger partial charge in [-0.3, -0.25) is 14.8 Å². The van der Waals surface area contributed by atoms with E-state index in [4.69, 9.17) is 0 Å². The van der Waals surface area contributed by atoms with Crippen molar-refractivity contribution in [1.82, 2.24) is 4.98 Å². The van der Waals surface area contributed by atoms with Gasteiger partial charge in [-0.15, -0.1) is 0 Å². The average Bonchev–Trinajstić information content (AvgIpc) is 3.13. The first-order valence-corrected chi connectivity index (χ1v) is 9.97. The first kappa shape index (κ1) is 18.8. The van der Waals surface area contributed by atoms with E-state index in [0.717, 1.165) is 39.0 Å². The van der Waals surface area contributed by atoms with Crippen LogP contribution >= 0.6 is 0 Å². The van der Waals surface area contributed by atoms with Crippen LogP contribution in [0.2, 0.25) is 0 Å². The molecular weight excluding hydrogens is 386 g/mol. The van der Waals surface area contributed by atoms with E-state index in [9.17, 15) is 9.90 Å². The first-order chi connectivity index (χ1) is 15.2. The molecule has 2 N–H and O–H groups in total. The molecule has 1 atom stereocenters. The van der Waals surface area contributed by atoms with Gasteiger partial charge in [0, 0.05) is 29.0 Å². The molecule has 0 fully saturated rings. The van der Waals surface area contributed by atoms with Crippen molar-refractivity contribution >= 4 is 46.6 Å². The Labute approximate surface area is 179 Å². The summed E-state index contributed by atoms with van der Waals surface area (Å²) in [5.41, 5.74) is 5.42. The monoisotopic (exact) mass is 405 g/mol. The van der Waals surface area contributed by atoms with Gasteiger partial charge in [-0.05, 0) is 53.6 Å². The summed E-state index contributed by atoms with van der Waals surface area (Å²) in [6.07, 6.45) is 7.44. The molecule has 0 saturated heterocycles. The Morgan fingerprint density at radius 1 is 0.903 bits per heavy atom. The normalized spacial score (nSPS) is 15.6. The lowest BCUT2D eigenvalue weighted by Crippen LogP contribution is -2.13. The van der Waals surface area contributed by atoms with Crippen LogP contribution in [0.15, 0.2) is 84.0 Å². The number of hydrogen-bond acceptors (Lipinski definition) is 4. The maximum Gasteiger partial charge on any atom is 0.237 e. The second-order valence-electron chi connectivity index (χ2n) is 7.36. The molecule has 150 valence electrons. The summed E-state index contributed by atoms with van der Waals surface area (Å²) in [4.78, 5) is 21.5. The molecule has 0 saturated carbocycles.